The zero-order chi connectivity index (χ0) is 8.15. The highest BCUT2D eigenvalue weighted by atomic mass is 16.1. The first-order valence-corrected chi connectivity index (χ1v) is 3.30. The van der Waals surface area contributed by atoms with Crippen LogP contribution in [0.15, 0.2) is 11.6 Å². The fourth-order valence-corrected chi connectivity index (χ4v) is 0.664. The van der Waals surface area contributed by atoms with Gasteiger partial charge in [-0.05, 0) is 25.5 Å². The average molecular weight is 140 g/mol. The summed E-state index contributed by atoms with van der Waals surface area (Å²) >= 11 is 0. The number of hydrogen-bond donors (Lipinski definition) is 0. The molecule has 0 heterocycles. The molecule has 0 aliphatic heterocycles. The van der Waals surface area contributed by atoms with Gasteiger partial charge in [0, 0.05) is 6.42 Å². The SMILES string of the molecule is CCC(=O)/C(C)=C\C(C)=O. The van der Waals surface area contributed by atoms with E-state index in [0.717, 1.165) is 0 Å². The van der Waals surface area contributed by atoms with Crippen molar-refractivity contribution in [1.82, 2.24) is 0 Å². The molecular formula is C8H12O2. The maximum absolute atomic E-state index is 10.8. The molecule has 56 valence electrons. The molecule has 0 atom stereocenters. The zero-order valence-corrected chi connectivity index (χ0v) is 6.60. The smallest absolute Gasteiger partial charge is 0.158 e. The molecule has 2 heteroatoms. The van der Waals surface area contributed by atoms with Gasteiger partial charge < -0.3 is 0 Å². The summed E-state index contributed by atoms with van der Waals surface area (Å²) in [6.07, 6.45) is 1.83. The maximum Gasteiger partial charge on any atom is 0.158 e. The molecule has 0 bridgehead atoms. The molecule has 0 rings (SSSR count). The molecule has 10 heavy (non-hydrogen) atoms. The lowest BCUT2D eigenvalue weighted by atomic mass is 10.1. The van der Waals surface area contributed by atoms with Crippen LogP contribution in [0.2, 0.25) is 0 Å². The number of rotatable bonds is 3. The number of carbonyl (C=O) groups is 2. The van der Waals surface area contributed by atoms with Crippen molar-refractivity contribution in [3.63, 3.8) is 0 Å². The monoisotopic (exact) mass is 140 g/mol. The third-order valence-electron chi connectivity index (χ3n) is 1.18. The molecule has 0 aromatic carbocycles. The first-order valence-electron chi connectivity index (χ1n) is 3.30. The topological polar surface area (TPSA) is 34.1 Å². The van der Waals surface area contributed by atoms with Crippen LogP contribution in [0, 0.1) is 0 Å². The molecular weight excluding hydrogens is 128 g/mol. The number of Topliss-reactive ketones (excluding diaryl/α,β-unsaturated/α-hetero) is 1. The van der Waals surface area contributed by atoms with Gasteiger partial charge >= 0.3 is 0 Å². The fraction of sp³-hybridized carbons (Fsp3) is 0.500. The quantitative estimate of drug-likeness (QED) is 0.557. The summed E-state index contributed by atoms with van der Waals surface area (Å²) < 4.78 is 0. The second-order valence-electron chi connectivity index (χ2n) is 2.21. The molecule has 2 nitrogen and oxygen atoms in total. The van der Waals surface area contributed by atoms with Crippen molar-refractivity contribution in [2.45, 2.75) is 27.2 Å². The Morgan fingerprint density at radius 2 is 1.80 bits per heavy atom. The summed E-state index contributed by atoms with van der Waals surface area (Å²) in [5.41, 5.74) is 0.551. The minimum Gasteiger partial charge on any atom is -0.295 e. The van der Waals surface area contributed by atoms with Crippen molar-refractivity contribution in [3.05, 3.63) is 11.6 Å². The van der Waals surface area contributed by atoms with Gasteiger partial charge in [0.2, 0.25) is 0 Å². The van der Waals surface area contributed by atoms with E-state index < -0.39 is 0 Å². The van der Waals surface area contributed by atoms with E-state index in [4.69, 9.17) is 0 Å². The summed E-state index contributed by atoms with van der Waals surface area (Å²) in [6.45, 7) is 4.87. The van der Waals surface area contributed by atoms with Gasteiger partial charge in [0.05, 0.1) is 0 Å². The highest BCUT2D eigenvalue weighted by Crippen LogP contribution is 1.97. The van der Waals surface area contributed by atoms with Gasteiger partial charge in [-0.15, -0.1) is 0 Å². The normalized spacial score (nSPS) is 11.3. The second kappa shape index (κ2) is 3.99. The van der Waals surface area contributed by atoms with E-state index in [1.807, 2.05) is 0 Å². The number of allylic oxidation sites excluding steroid dienone is 2. The van der Waals surface area contributed by atoms with Gasteiger partial charge in [-0.3, -0.25) is 9.59 Å². The van der Waals surface area contributed by atoms with E-state index in [9.17, 15) is 9.59 Å². The lowest BCUT2D eigenvalue weighted by Gasteiger charge is -1.92. The molecule has 0 aliphatic carbocycles. The standard InChI is InChI=1S/C8H12O2/c1-4-8(10)6(2)5-7(3)9/h5H,4H2,1-3H3/b6-5-. The predicted molar refractivity (Wildman–Crippen MR) is 39.7 cm³/mol. The van der Waals surface area contributed by atoms with E-state index in [0.29, 0.717) is 12.0 Å². The Morgan fingerprint density at radius 1 is 1.30 bits per heavy atom. The summed E-state index contributed by atoms with van der Waals surface area (Å²) in [5, 5.41) is 0. The number of carbonyl (C=O) groups excluding carboxylic acids is 2. The molecule has 0 radical (unpaired) electrons. The Labute approximate surface area is 60.9 Å². The van der Waals surface area contributed by atoms with Crippen LogP contribution in [0.4, 0.5) is 0 Å². The Bertz CT molecular complexity index is 178. The predicted octanol–water partition coefficient (Wildman–Crippen LogP) is 1.50. The van der Waals surface area contributed by atoms with Crippen LogP contribution in [0.5, 0.6) is 0 Å². The van der Waals surface area contributed by atoms with Gasteiger partial charge in [0.15, 0.2) is 11.6 Å². The van der Waals surface area contributed by atoms with Crippen molar-refractivity contribution in [2.24, 2.45) is 0 Å². The van der Waals surface area contributed by atoms with Gasteiger partial charge in [-0.25, -0.2) is 0 Å². The third-order valence-corrected chi connectivity index (χ3v) is 1.18. The maximum atomic E-state index is 10.8. The lowest BCUT2D eigenvalue weighted by molar-refractivity contribution is -0.116. The summed E-state index contributed by atoms with van der Waals surface area (Å²) in [5.74, 6) is -0.0329. The van der Waals surface area contributed by atoms with Crippen LogP contribution in [0.1, 0.15) is 27.2 Å². The molecule has 0 saturated heterocycles. The van der Waals surface area contributed by atoms with Crippen molar-refractivity contribution in [2.75, 3.05) is 0 Å². The highest BCUT2D eigenvalue weighted by molar-refractivity contribution is 6.01. The van der Waals surface area contributed by atoms with E-state index in [1.54, 1.807) is 13.8 Å². The van der Waals surface area contributed by atoms with Crippen LogP contribution in [-0.4, -0.2) is 11.6 Å². The van der Waals surface area contributed by atoms with E-state index in [2.05, 4.69) is 0 Å². The van der Waals surface area contributed by atoms with Crippen molar-refractivity contribution < 1.29 is 9.59 Å². The van der Waals surface area contributed by atoms with Crippen LogP contribution in [0.3, 0.4) is 0 Å². The summed E-state index contributed by atoms with van der Waals surface area (Å²) in [7, 11) is 0. The minimum absolute atomic E-state index is 0.0372. The number of ketones is 2. The first kappa shape index (κ1) is 9.08. The van der Waals surface area contributed by atoms with Crippen molar-refractivity contribution >= 4 is 11.6 Å². The molecule has 0 saturated carbocycles. The van der Waals surface area contributed by atoms with Gasteiger partial charge in [-0.2, -0.15) is 0 Å². The lowest BCUT2D eigenvalue weighted by Crippen LogP contribution is -1.98. The van der Waals surface area contributed by atoms with E-state index >= 15 is 0 Å². The molecule has 0 unspecified atom stereocenters. The van der Waals surface area contributed by atoms with Crippen molar-refractivity contribution in [3.8, 4) is 0 Å². The van der Waals surface area contributed by atoms with Gasteiger partial charge in [-0.1, -0.05) is 6.92 Å². The van der Waals surface area contributed by atoms with E-state index in [-0.39, 0.29) is 11.6 Å². The highest BCUT2D eigenvalue weighted by Gasteiger charge is 2.00. The molecule has 0 aromatic heterocycles. The Hall–Kier alpha value is -0.920. The van der Waals surface area contributed by atoms with Gasteiger partial charge in [0.25, 0.3) is 0 Å². The first-order chi connectivity index (χ1) is 4.57. The largest absolute Gasteiger partial charge is 0.295 e. The molecule has 0 spiro atoms. The Kier molecular flexibility index (Phi) is 3.62. The fourth-order valence-electron chi connectivity index (χ4n) is 0.664. The minimum atomic E-state index is -0.0701. The molecule has 0 aliphatic rings. The molecule has 0 amide bonds. The number of hydrogen-bond acceptors (Lipinski definition) is 2. The summed E-state index contributed by atoms with van der Waals surface area (Å²) in [6, 6.07) is 0. The van der Waals surface area contributed by atoms with Crippen LogP contribution in [-0.2, 0) is 9.59 Å². The molecule has 0 N–H and O–H groups in total. The van der Waals surface area contributed by atoms with Gasteiger partial charge in [0.1, 0.15) is 0 Å². The molecule has 0 aromatic rings. The molecule has 0 fully saturated rings. The third kappa shape index (κ3) is 3.17. The van der Waals surface area contributed by atoms with Crippen LogP contribution in [0.25, 0.3) is 0 Å². The van der Waals surface area contributed by atoms with E-state index in [1.165, 1.54) is 13.0 Å². The van der Waals surface area contributed by atoms with Crippen LogP contribution >= 0.6 is 0 Å². The second-order valence-corrected chi connectivity index (χ2v) is 2.21. The van der Waals surface area contributed by atoms with Crippen molar-refractivity contribution in [1.29, 1.82) is 0 Å². The average Bonchev–Trinajstić information content (AvgIpc) is 1.85. The zero-order valence-electron chi connectivity index (χ0n) is 6.60. The summed E-state index contributed by atoms with van der Waals surface area (Å²) in [4.78, 5) is 21.3. The van der Waals surface area contributed by atoms with Crippen LogP contribution < -0.4 is 0 Å². The Balaban J connectivity index is 4.19. The Morgan fingerprint density at radius 3 is 2.10 bits per heavy atom.